The van der Waals surface area contributed by atoms with Crippen molar-refractivity contribution in [1.29, 1.82) is 0 Å². The van der Waals surface area contributed by atoms with Crippen LogP contribution < -0.4 is 5.32 Å². The van der Waals surface area contributed by atoms with Crippen molar-refractivity contribution in [2.24, 2.45) is 17.8 Å². The SMILES string of the molecule is O=C(NC[C@@H]1CCC2(CN(C(=O)C3CCC3)C2)OC1)C1CCC1. The fourth-order valence-corrected chi connectivity index (χ4v) is 4.11. The normalized spacial score (nSPS) is 30.3. The second-order valence-corrected chi connectivity index (χ2v) is 8.09. The van der Waals surface area contributed by atoms with E-state index in [1.165, 1.54) is 12.8 Å². The molecular formula is C18H28N2O3. The van der Waals surface area contributed by atoms with Crippen LogP contribution >= 0.6 is 0 Å². The van der Waals surface area contributed by atoms with Gasteiger partial charge in [0.25, 0.3) is 0 Å². The number of nitrogens with one attached hydrogen (secondary N) is 1. The fourth-order valence-electron chi connectivity index (χ4n) is 4.11. The maximum atomic E-state index is 12.2. The van der Waals surface area contributed by atoms with Crippen molar-refractivity contribution in [3.8, 4) is 0 Å². The van der Waals surface area contributed by atoms with E-state index in [4.69, 9.17) is 4.74 Å². The van der Waals surface area contributed by atoms with Crippen molar-refractivity contribution in [3.05, 3.63) is 0 Å². The predicted octanol–water partition coefficient (Wildman–Crippen LogP) is 1.71. The van der Waals surface area contributed by atoms with E-state index in [1.807, 2.05) is 4.90 Å². The molecule has 1 atom stereocenters. The van der Waals surface area contributed by atoms with Gasteiger partial charge in [-0.25, -0.2) is 0 Å². The maximum absolute atomic E-state index is 12.2. The Hall–Kier alpha value is -1.10. The van der Waals surface area contributed by atoms with Crippen molar-refractivity contribution >= 4 is 11.8 Å². The minimum Gasteiger partial charge on any atom is -0.371 e. The monoisotopic (exact) mass is 320 g/mol. The quantitative estimate of drug-likeness (QED) is 0.858. The molecule has 0 unspecified atom stereocenters. The van der Waals surface area contributed by atoms with Crippen LogP contribution in [0.3, 0.4) is 0 Å². The van der Waals surface area contributed by atoms with Crippen molar-refractivity contribution in [2.45, 2.75) is 57.0 Å². The summed E-state index contributed by atoms with van der Waals surface area (Å²) in [4.78, 5) is 26.1. The molecule has 2 aliphatic heterocycles. The summed E-state index contributed by atoms with van der Waals surface area (Å²) < 4.78 is 6.11. The smallest absolute Gasteiger partial charge is 0.225 e. The van der Waals surface area contributed by atoms with Crippen LogP contribution in [0.4, 0.5) is 0 Å². The van der Waals surface area contributed by atoms with Gasteiger partial charge in [-0.15, -0.1) is 0 Å². The summed E-state index contributed by atoms with van der Waals surface area (Å²) in [5.41, 5.74) is -0.0755. The number of likely N-dealkylation sites (tertiary alicyclic amines) is 1. The zero-order valence-electron chi connectivity index (χ0n) is 13.9. The average Bonchev–Trinajstić information content (AvgIpc) is 2.39. The van der Waals surface area contributed by atoms with Gasteiger partial charge in [0, 0.05) is 18.4 Å². The third kappa shape index (κ3) is 3.00. The van der Waals surface area contributed by atoms with Crippen LogP contribution in [0.25, 0.3) is 0 Å². The highest BCUT2D eigenvalue weighted by atomic mass is 16.5. The van der Waals surface area contributed by atoms with Crippen LogP contribution in [0, 0.1) is 17.8 Å². The Labute approximate surface area is 138 Å². The molecule has 4 rings (SSSR count). The van der Waals surface area contributed by atoms with Gasteiger partial charge < -0.3 is 15.0 Å². The van der Waals surface area contributed by atoms with E-state index in [1.54, 1.807) is 0 Å². The molecule has 4 fully saturated rings. The van der Waals surface area contributed by atoms with Crippen LogP contribution in [0.1, 0.15) is 51.4 Å². The molecule has 0 bridgehead atoms. The molecule has 2 amide bonds. The maximum Gasteiger partial charge on any atom is 0.225 e. The number of hydrogen-bond acceptors (Lipinski definition) is 3. The van der Waals surface area contributed by atoms with E-state index in [0.717, 1.165) is 64.8 Å². The number of carbonyl (C=O) groups excluding carboxylic acids is 2. The first-order valence-corrected chi connectivity index (χ1v) is 9.36. The lowest BCUT2D eigenvalue weighted by Crippen LogP contribution is -2.67. The summed E-state index contributed by atoms with van der Waals surface area (Å²) in [6, 6.07) is 0. The number of hydrogen-bond donors (Lipinski definition) is 1. The molecule has 0 radical (unpaired) electrons. The number of carbonyl (C=O) groups is 2. The Balaban J connectivity index is 1.16. The van der Waals surface area contributed by atoms with Crippen LogP contribution in [0.15, 0.2) is 0 Å². The average molecular weight is 320 g/mol. The summed E-state index contributed by atoms with van der Waals surface area (Å²) in [6.45, 7) is 3.03. The third-order valence-corrected chi connectivity index (χ3v) is 6.40. The van der Waals surface area contributed by atoms with Gasteiger partial charge in [0.1, 0.15) is 5.60 Å². The van der Waals surface area contributed by atoms with E-state index in [0.29, 0.717) is 17.7 Å². The van der Waals surface area contributed by atoms with E-state index in [-0.39, 0.29) is 17.4 Å². The van der Waals surface area contributed by atoms with Gasteiger partial charge >= 0.3 is 0 Å². The molecule has 23 heavy (non-hydrogen) atoms. The van der Waals surface area contributed by atoms with E-state index >= 15 is 0 Å². The minimum absolute atomic E-state index is 0.0755. The molecule has 128 valence electrons. The first kappa shape index (κ1) is 15.4. The molecule has 5 nitrogen and oxygen atoms in total. The molecule has 5 heteroatoms. The molecule has 0 aromatic rings. The molecule has 1 spiro atoms. The zero-order valence-corrected chi connectivity index (χ0v) is 13.9. The summed E-state index contributed by atoms with van der Waals surface area (Å²) in [6.07, 6.45) is 8.78. The first-order chi connectivity index (χ1) is 11.2. The van der Waals surface area contributed by atoms with Crippen LogP contribution in [0.5, 0.6) is 0 Å². The molecule has 0 aromatic heterocycles. The topological polar surface area (TPSA) is 58.6 Å². The highest BCUT2D eigenvalue weighted by Crippen LogP contribution is 2.38. The summed E-state index contributed by atoms with van der Waals surface area (Å²) in [5.74, 6) is 1.58. The Kier molecular flexibility index (Phi) is 4.08. The number of nitrogens with zero attached hydrogens (tertiary/aromatic N) is 1. The largest absolute Gasteiger partial charge is 0.371 e. The summed E-state index contributed by atoms with van der Waals surface area (Å²) in [5, 5.41) is 3.09. The molecular weight excluding hydrogens is 292 g/mol. The lowest BCUT2D eigenvalue weighted by molar-refractivity contribution is -0.192. The Morgan fingerprint density at radius 2 is 1.74 bits per heavy atom. The highest BCUT2D eigenvalue weighted by Gasteiger charge is 2.49. The lowest BCUT2D eigenvalue weighted by Gasteiger charge is -2.54. The number of amides is 2. The van der Waals surface area contributed by atoms with Gasteiger partial charge in [-0.1, -0.05) is 12.8 Å². The lowest BCUT2D eigenvalue weighted by atomic mass is 9.79. The zero-order chi connectivity index (χ0) is 15.9. The van der Waals surface area contributed by atoms with Gasteiger partial charge in [-0.05, 0) is 44.4 Å². The highest BCUT2D eigenvalue weighted by molar-refractivity contribution is 5.80. The number of ether oxygens (including phenoxy) is 1. The Morgan fingerprint density at radius 1 is 1.04 bits per heavy atom. The number of rotatable bonds is 4. The molecule has 2 saturated carbocycles. The summed E-state index contributed by atoms with van der Waals surface area (Å²) >= 11 is 0. The van der Waals surface area contributed by atoms with Gasteiger partial charge in [-0.2, -0.15) is 0 Å². The Bertz CT molecular complexity index is 469. The molecule has 4 aliphatic rings. The minimum atomic E-state index is -0.0755. The van der Waals surface area contributed by atoms with Crippen molar-refractivity contribution in [1.82, 2.24) is 10.2 Å². The van der Waals surface area contributed by atoms with Crippen molar-refractivity contribution in [2.75, 3.05) is 26.2 Å². The van der Waals surface area contributed by atoms with Crippen LogP contribution in [-0.4, -0.2) is 48.6 Å². The predicted molar refractivity (Wildman–Crippen MR) is 85.7 cm³/mol. The van der Waals surface area contributed by atoms with E-state index in [2.05, 4.69) is 5.32 Å². The molecule has 2 saturated heterocycles. The van der Waals surface area contributed by atoms with Crippen LogP contribution in [0.2, 0.25) is 0 Å². The molecule has 0 aromatic carbocycles. The van der Waals surface area contributed by atoms with Crippen molar-refractivity contribution < 1.29 is 14.3 Å². The van der Waals surface area contributed by atoms with E-state index < -0.39 is 0 Å². The van der Waals surface area contributed by atoms with Crippen molar-refractivity contribution in [3.63, 3.8) is 0 Å². The second-order valence-electron chi connectivity index (χ2n) is 8.09. The Morgan fingerprint density at radius 3 is 2.26 bits per heavy atom. The van der Waals surface area contributed by atoms with Gasteiger partial charge in [0.2, 0.25) is 11.8 Å². The fraction of sp³-hybridized carbons (Fsp3) is 0.889. The standard InChI is InChI=1S/C18H28N2O3/c21-16(14-3-1-4-14)19-9-13-7-8-18(23-10-13)11-20(12-18)17(22)15-5-2-6-15/h13-15H,1-12H2,(H,19,21)/t13-/m0/s1. The van der Waals surface area contributed by atoms with E-state index in [9.17, 15) is 9.59 Å². The summed E-state index contributed by atoms with van der Waals surface area (Å²) in [7, 11) is 0. The van der Waals surface area contributed by atoms with Gasteiger partial charge in [0.15, 0.2) is 0 Å². The second kappa shape index (κ2) is 6.08. The molecule has 1 N–H and O–H groups in total. The van der Waals surface area contributed by atoms with Crippen LogP contribution in [-0.2, 0) is 14.3 Å². The molecule has 2 aliphatic carbocycles. The van der Waals surface area contributed by atoms with Gasteiger partial charge in [-0.3, -0.25) is 9.59 Å². The first-order valence-electron chi connectivity index (χ1n) is 9.36. The van der Waals surface area contributed by atoms with Gasteiger partial charge in [0.05, 0.1) is 19.7 Å². The molecule has 2 heterocycles. The third-order valence-electron chi connectivity index (χ3n) is 6.40.